The zero-order valence-corrected chi connectivity index (χ0v) is 13.2. The van der Waals surface area contributed by atoms with Crippen LogP contribution in [0.25, 0.3) is 11.1 Å². The maximum Gasteiger partial charge on any atom is 0.307 e. The highest BCUT2D eigenvalue weighted by Crippen LogP contribution is 2.51. The van der Waals surface area contributed by atoms with E-state index in [1.807, 2.05) is 24.3 Å². The molecular weight excluding hydrogens is 272 g/mol. The molecule has 1 N–H and O–H groups in total. The molecule has 1 aliphatic rings. The fraction of sp³-hybridized carbons (Fsp3) is 0.350. The van der Waals surface area contributed by atoms with E-state index < -0.39 is 5.97 Å². The molecule has 2 aromatic carbocycles. The van der Waals surface area contributed by atoms with Gasteiger partial charge in [-0.15, -0.1) is 0 Å². The normalized spacial score (nSPS) is 15.5. The fourth-order valence-electron chi connectivity index (χ4n) is 3.29. The van der Waals surface area contributed by atoms with E-state index in [1.54, 1.807) is 0 Å². The highest BCUT2D eigenvalue weighted by atomic mass is 16.4. The molecule has 0 radical (unpaired) electrons. The van der Waals surface area contributed by atoms with Crippen LogP contribution in [0.5, 0.6) is 0 Å². The molecule has 2 nitrogen and oxygen atoms in total. The van der Waals surface area contributed by atoms with E-state index in [0.717, 1.165) is 11.1 Å². The minimum absolute atomic E-state index is 0.0806. The van der Waals surface area contributed by atoms with Gasteiger partial charge in [-0.05, 0) is 59.4 Å². The summed E-state index contributed by atoms with van der Waals surface area (Å²) >= 11 is 0. The number of aliphatic carboxylic acids is 1. The Labute approximate surface area is 131 Å². The van der Waals surface area contributed by atoms with Gasteiger partial charge in [0.25, 0.3) is 0 Å². The monoisotopic (exact) mass is 294 g/mol. The third kappa shape index (κ3) is 2.78. The molecule has 0 bridgehead atoms. The van der Waals surface area contributed by atoms with Crippen molar-refractivity contribution in [2.45, 2.75) is 44.9 Å². The third-order valence-corrected chi connectivity index (χ3v) is 4.99. The Hall–Kier alpha value is -2.09. The summed E-state index contributed by atoms with van der Waals surface area (Å²) < 4.78 is 0. The van der Waals surface area contributed by atoms with Gasteiger partial charge in [-0.1, -0.05) is 49.4 Å². The quantitative estimate of drug-likeness (QED) is 0.865. The number of carboxylic acids is 1. The zero-order chi connectivity index (χ0) is 15.7. The molecule has 2 heteroatoms. The Morgan fingerprint density at radius 3 is 2.32 bits per heavy atom. The summed E-state index contributed by atoms with van der Waals surface area (Å²) in [5.41, 5.74) is 6.43. The van der Waals surface area contributed by atoms with E-state index in [0.29, 0.717) is 5.41 Å². The first-order valence-electron chi connectivity index (χ1n) is 7.96. The summed E-state index contributed by atoms with van der Waals surface area (Å²) in [5.74, 6) is -0.789. The molecule has 0 unspecified atom stereocenters. The van der Waals surface area contributed by atoms with E-state index in [2.05, 4.69) is 32.0 Å². The van der Waals surface area contributed by atoms with Gasteiger partial charge in [0.15, 0.2) is 0 Å². The maximum absolute atomic E-state index is 10.7. The molecule has 0 aliphatic heterocycles. The van der Waals surface area contributed by atoms with E-state index in [-0.39, 0.29) is 6.42 Å². The largest absolute Gasteiger partial charge is 0.481 e. The Morgan fingerprint density at radius 2 is 1.82 bits per heavy atom. The molecule has 1 fully saturated rings. The summed E-state index contributed by atoms with van der Waals surface area (Å²) in [6.45, 7) is 4.44. The molecule has 1 saturated carbocycles. The second kappa shape index (κ2) is 5.60. The molecular formula is C20H22O2. The van der Waals surface area contributed by atoms with Crippen molar-refractivity contribution in [3.63, 3.8) is 0 Å². The first kappa shape index (κ1) is 14.8. The molecule has 0 spiro atoms. The van der Waals surface area contributed by atoms with Gasteiger partial charge in [-0.3, -0.25) is 4.79 Å². The molecule has 3 rings (SSSR count). The van der Waals surface area contributed by atoms with Crippen molar-refractivity contribution in [3.05, 3.63) is 59.2 Å². The van der Waals surface area contributed by atoms with Crippen molar-refractivity contribution in [2.75, 3.05) is 0 Å². The van der Waals surface area contributed by atoms with Crippen molar-refractivity contribution in [2.24, 2.45) is 0 Å². The lowest BCUT2D eigenvalue weighted by atomic mass is 9.89. The number of carboxylic acid groups (broad SMARTS) is 1. The molecule has 22 heavy (non-hydrogen) atoms. The highest BCUT2D eigenvalue weighted by molar-refractivity contribution is 5.72. The predicted molar refractivity (Wildman–Crippen MR) is 89.2 cm³/mol. The van der Waals surface area contributed by atoms with Gasteiger partial charge < -0.3 is 5.11 Å². The lowest BCUT2D eigenvalue weighted by molar-refractivity contribution is -0.136. The van der Waals surface area contributed by atoms with E-state index >= 15 is 0 Å². The van der Waals surface area contributed by atoms with Crippen LogP contribution in [0.2, 0.25) is 0 Å². The van der Waals surface area contributed by atoms with Gasteiger partial charge in [0.05, 0.1) is 6.42 Å². The summed E-state index contributed by atoms with van der Waals surface area (Å²) in [4.78, 5) is 10.7. The van der Waals surface area contributed by atoms with Crippen molar-refractivity contribution >= 4 is 5.97 Å². The molecule has 0 atom stereocenters. The summed E-state index contributed by atoms with van der Waals surface area (Å²) in [6, 6.07) is 14.7. The van der Waals surface area contributed by atoms with Crippen LogP contribution in [0.1, 0.15) is 42.9 Å². The Balaban J connectivity index is 1.87. The van der Waals surface area contributed by atoms with Crippen LogP contribution in [0, 0.1) is 6.92 Å². The van der Waals surface area contributed by atoms with Gasteiger partial charge in [0.1, 0.15) is 0 Å². The SMILES string of the molecule is CCC1(c2ccc(-c3ccc(CC(=O)O)cc3)c(C)c2)CC1. The molecule has 1 aliphatic carbocycles. The first-order chi connectivity index (χ1) is 10.5. The van der Waals surface area contributed by atoms with Crippen molar-refractivity contribution in [1.29, 1.82) is 0 Å². The minimum Gasteiger partial charge on any atom is -0.481 e. The van der Waals surface area contributed by atoms with Crippen LogP contribution in [0.15, 0.2) is 42.5 Å². The second-order valence-corrected chi connectivity index (χ2v) is 6.43. The average molecular weight is 294 g/mol. The van der Waals surface area contributed by atoms with Gasteiger partial charge in [0, 0.05) is 0 Å². The standard InChI is InChI=1S/C20H22O2/c1-3-20(10-11-20)17-8-9-18(14(2)12-17)16-6-4-15(5-7-16)13-19(21)22/h4-9,12H,3,10-11,13H2,1-2H3,(H,21,22). The van der Waals surface area contributed by atoms with Gasteiger partial charge in [-0.2, -0.15) is 0 Å². The molecule has 0 saturated heterocycles. The lowest BCUT2D eigenvalue weighted by Crippen LogP contribution is -2.04. The predicted octanol–water partition coefficient (Wildman–Crippen LogP) is 4.73. The molecule has 0 aromatic heterocycles. The van der Waals surface area contributed by atoms with Crippen LogP contribution in [-0.2, 0) is 16.6 Å². The zero-order valence-electron chi connectivity index (χ0n) is 13.2. The number of hydrogen-bond donors (Lipinski definition) is 1. The highest BCUT2D eigenvalue weighted by Gasteiger charge is 2.42. The smallest absolute Gasteiger partial charge is 0.307 e. The van der Waals surface area contributed by atoms with E-state index in [4.69, 9.17) is 5.11 Å². The van der Waals surface area contributed by atoms with Crippen LogP contribution in [0.4, 0.5) is 0 Å². The van der Waals surface area contributed by atoms with Crippen molar-refractivity contribution in [1.82, 2.24) is 0 Å². The topological polar surface area (TPSA) is 37.3 Å². The third-order valence-electron chi connectivity index (χ3n) is 4.99. The fourth-order valence-corrected chi connectivity index (χ4v) is 3.29. The van der Waals surface area contributed by atoms with Crippen LogP contribution >= 0.6 is 0 Å². The van der Waals surface area contributed by atoms with E-state index in [1.165, 1.54) is 36.0 Å². The number of rotatable bonds is 5. The van der Waals surface area contributed by atoms with Crippen molar-refractivity contribution in [3.8, 4) is 11.1 Å². The summed E-state index contributed by atoms with van der Waals surface area (Å²) in [5, 5.41) is 8.83. The lowest BCUT2D eigenvalue weighted by Gasteiger charge is -2.16. The summed E-state index contributed by atoms with van der Waals surface area (Å²) in [7, 11) is 0. The number of carbonyl (C=O) groups is 1. The number of hydrogen-bond acceptors (Lipinski definition) is 1. The Bertz CT molecular complexity index is 694. The van der Waals surface area contributed by atoms with Crippen LogP contribution in [0.3, 0.4) is 0 Å². The van der Waals surface area contributed by atoms with Crippen LogP contribution in [-0.4, -0.2) is 11.1 Å². The van der Waals surface area contributed by atoms with Crippen molar-refractivity contribution < 1.29 is 9.90 Å². The molecule has 114 valence electrons. The first-order valence-corrected chi connectivity index (χ1v) is 7.96. The Kier molecular flexibility index (Phi) is 3.78. The summed E-state index contributed by atoms with van der Waals surface area (Å²) in [6.07, 6.45) is 3.92. The average Bonchev–Trinajstić information content (AvgIpc) is 3.29. The van der Waals surface area contributed by atoms with Gasteiger partial charge >= 0.3 is 5.97 Å². The molecule has 0 amide bonds. The van der Waals surface area contributed by atoms with E-state index in [9.17, 15) is 4.79 Å². The number of aryl methyl sites for hydroxylation is 1. The molecule has 0 heterocycles. The second-order valence-electron chi connectivity index (χ2n) is 6.43. The van der Waals surface area contributed by atoms with Gasteiger partial charge in [-0.25, -0.2) is 0 Å². The minimum atomic E-state index is -0.789. The molecule has 2 aromatic rings. The number of benzene rings is 2. The maximum atomic E-state index is 10.7. The van der Waals surface area contributed by atoms with Crippen LogP contribution < -0.4 is 0 Å². The van der Waals surface area contributed by atoms with Gasteiger partial charge in [0.2, 0.25) is 0 Å². The Morgan fingerprint density at radius 1 is 1.14 bits per heavy atom.